The van der Waals surface area contributed by atoms with Gasteiger partial charge in [0.1, 0.15) is 0 Å². The topological polar surface area (TPSA) is 97.0 Å². The molecule has 36 heavy (non-hydrogen) atoms. The summed E-state index contributed by atoms with van der Waals surface area (Å²) >= 11 is 1.75. The highest BCUT2D eigenvalue weighted by Gasteiger charge is 2.27. The molecule has 1 aliphatic heterocycles. The maximum atomic E-state index is 12.4. The normalized spacial score (nSPS) is 16.1. The van der Waals surface area contributed by atoms with Crippen LogP contribution in [0.2, 0.25) is 0 Å². The van der Waals surface area contributed by atoms with E-state index in [1.807, 2.05) is 6.07 Å². The van der Waals surface area contributed by atoms with E-state index in [1.54, 1.807) is 36.0 Å². The minimum atomic E-state index is -0.480. The van der Waals surface area contributed by atoms with Crippen LogP contribution in [0.4, 0.5) is 11.4 Å². The Labute approximate surface area is 213 Å². The summed E-state index contributed by atoms with van der Waals surface area (Å²) in [5.74, 6) is -0.257. The zero-order chi connectivity index (χ0) is 24.8. The van der Waals surface area contributed by atoms with Gasteiger partial charge in [-0.1, -0.05) is 6.07 Å². The van der Waals surface area contributed by atoms with E-state index in [4.69, 9.17) is 10.7 Å². The first-order chi connectivity index (χ1) is 17.5. The first kappa shape index (κ1) is 22.6. The number of hydrogen-bond donors (Lipinski definition) is 2. The second-order valence-electron chi connectivity index (χ2n) is 9.43. The van der Waals surface area contributed by atoms with Crippen molar-refractivity contribution >= 4 is 49.7 Å². The molecule has 7 nitrogen and oxygen atoms in total. The second kappa shape index (κ2) is 8.96. The number of rotatable bonds is 5. The molecule has 3 aromatic heterocycles. The van der Waals surface area contributed by atoms with Gasteiger partial charge in [0.15, 0.2) is 0 Å². The van der Waals surface area contributed by atoms with Gasteiger partial charge in [0, 0.05) is 47.0 Å². The fourth-order valence-corrected chi connectivity index (χ4v) is 6.04. The lowest BCUT2D eigenvalue weighted by molar-refractivity contribution is 0.100. The van der Waals surface area contributed by atoms with E-state index in [0.717, 1.165) is 53.1 Å². The number of carbonyl (C=O) groups is 1. The van der Waals surface area contributed by atoms with Crippen molar-refractivity contribution in [2.45, 2.75) is 19.3 Å². The van der Waals surface area contributed by atoms with Crippen molar-refractivity contribution in [3.63, 3.8) is 0 Å². The third-order valence-corrected chi connectivity index (χ3v) is 8.03. The molecule has 1 saturated heterocycles. The van der Waals surface area contributed by atoms with E-state index in [2.05, 4.69) is 63.8 Å². The van der Waals surface area contributed by atoms with E-state index in [-0.39, 0.29) is 5.92 Å². The van der Waals surface area contributed by atoms with Crippen LogP contribution in [0.1, 0.15) is 34.0 Å². The summed E-state index contributed by atoms with van der Waals surface area (Å²) in [6, 6.07) is 12.2. The number of primary amides is 1. The minimum Gasteiger partial charge on any atom is -0.366 e. The van der Waals surface area contributed by atoms with Crippen molar-refractivity contribution in [2.75, 3.05) is 25.5 Å². The molecule has 1 amide bonds. The number of thiophene rings is 1. The predicted octanol–water partition coefficient (Wildman–Crippen LogP) is 5.48. The molecular formula is C28H26N6OS. The number of fused-ring (bicyclic) bond motifs is 2. The first-order valence-electron chi connectivity index (χ1n) is 11.9. The predicted molar refractivity (Wildman–Crippen MR) is 146 cm³/mol. The Bertz CT molecular complexity index is 1630. The molecule has 2 aromatic carbocycles. The molecule has 0 spiro atoms. The van der Waals surface area contributed by atoms with Crippen molar-refractivity contribution in [3.05, 3.63) is 77.2 Å². The lowest BCUT2D eigenvalue weighted by atomic mass is 9.98. The smallest absolute Gasteiger partial charge is 0.250 e. The van der Waals surface area contributed by atoms with Crippen LogP contribution in [0.15, 0.2) is 60.4 Å². The van der Waals surface area contributed by atoms with Gasteiger partial charge in [-0.15, -0.1) is 11.3 Å². The van der Waals surface area contributed by atoms with Crippen LogP contribution in [0, 0.1) is 6.92 Å². The molecule has 5 aromatic rings. The van der Waals surface area contributed by atoms with Crippen LogP contribution in [0.3, 0.4) is 0 Å². The van der Waals surface area contributed by atoms with Crippen molar-refractivity contribution in [2.24, 2.45) is 5.73 Å². The molecule has 4 heterocycles. The number of likely N-dealkylation sites (tertiary alicyclic amines) is 1. The zero-order valence-corrected chi connectivity index (χ0v) is 21.0. The summed E-state index contributed by atoms with van der Waals surface area (Å²) in [6.07, 6.45) is 6.07. The molecular weight excluding hydrogens is 468 g/mol. The van der Waals surface area contributed by atoms with Crippen molar-refractivity contribution < 1.29 is 4.79 Å². The van der Waals surface area contributed by atoms with E-state index >= 15 is 0 Å². The van der Waals surface area contributed by atoms with E-state index in [9.17, 15) is 4.79 Å². The largest absolute Gasteiger partial charge is 0.366 e. The Morgan fingerprint density at radius 3 is 2.78 bits per heavy atom. The Hall–Kier alpha value is -3.88. The average molecular weight is 495 g/mol. The summed E-state index contributed by atoms with van der Waals surface area (Å²) in [7, 11) is 2.10. The average Bonchev–Trinajstić information content (AvgIpc) is 3.48. The number of anilines is 2. The zero-order valence-electron chi connectivity index (χ0n) is 20.2. The molecule has 1 aliphatic rings. The number of hydrogen-bond acceptors (Lipinski definition) is 7. The molecule has 1 atom stereocenters. The van der Waals surface area contributed by atoms with E-state index in [0.29, 0.717) is 11.3 Å². The van der Waals surface area contributed by atoms with Gasteiger partial charge in [-0.2, -0.15) is 0 Å². The van der Waals surface area contributed by atoms with Gasteiger partial charge in [0.2, 0.25) is 0 Å². The Balaban J connectivity index is 1.50. The molecule has 0 unspecified atom stereocenters. The fourth-order valence-electron chi connectivity index (χ4n) is 5.12. The minimum absolute atomic E-state index is 0.223. The lowest BCUT2D eigenvalue weighted by Crippen LogP contribution is -2.18. The Morgan fingerprint density at radius 2 is 1.97 bits per heavy atom. The van der Waals surface area contributed by atoms with Crippen molar-refractivity contribution in [1.82, 2.24) is 19.9 Å². The van der Waals surface area contributed by atoms with Crippen LogP contribution >= 0.6 is 11.3 Å². The Kier molecular flexibility index (Phi) is 5.62. The van der Waals surface area contributed by atoms with E-state index in [1.165, 1.54) is 15.6 Å². The number of aryl methyl sites for hydroxylation is 1. The SMILES string of the molecule is Cc1csc2ccc(-c3cc(Nc4c(C(N)=O)ccnc4[C@H]4CCN(C)C4)cc4nccnc34)cc12. The van der Waals surface area contributed by atoms with Crippen LogP contribution in [0.25, 0.3) is 32.2 Å². The van der Waals surface area contributed by atoms with Gasteiger partial charge in [-0.25, -0.2) is 0 Å². The molecule has 6 rings (SSSR count). The highest BCUT2D eigenvalue weighted by atomic mass is 32.1. The molecule has 0 aliphatic carbocycles. The quantitative estimate of drug-likeness (QED) is 0.336. The third-order valence-electron chi connectivity index (χ3n) is 6.94. The molecule has 8 heteroatoms. The second-order valence-corrected chi connectivity index (χ2v) is 10.3. The maximum absolute atomic E-state index is 12.4. The van der Waals surface area contributed by atoms with Gasteiger partial charge in [-0.05, 0) is 79.2 Å². The number of benzene rings is 2. The molecule has 0 radical (unpaired) electrons. The molecule has 1 fully saturated rings. The monoisotopic (exact) mass is 494 g/mol. The molecule has 3 N–H and O–H groups in total. The number of carbonyl (C=O) groups excluding carboxylic acids is 1. The van der Waals surface area contributed by atoms with Crippen LogP contribution in [0.5, 0.6) is 0 Å². The number of likely N-dealkylation sites (N-methyl/N-ethyl adjacent to an activating group) is 1. The summed E-state index contributed by atoms with van der Waals surface area (Å²) in [4.78, 5) is 28.6. The highest BCUT2D eigenvalue weighted by Crippen LogP contribution is 2.38. The van der Waals surface area contributed by atoms with Crippen LogP contribution in [-0.2, 0) is 0 Å². The standard InChI is InChI=1S/C28H26N6OS/c1-16-15-36-24-4-3-17(11-21(16)24)22-12-19(13-23-26(22)32-9-8-30-23)33-27-20(28(29)35)5-7-31-25(27)18-6-10-34(2)14-18/h3-5,7-9,11-13,15,18,33H,6,10,14H2,1-2H3,(H2,29,35)/t18-/m0/s1. The highest BCUT2D eigenvalue weighted by molar-refractivity contribution is 7.17. The summed E-state index contributed by atoms with van der Waals surface area (Å²) in [5, 5.41) is 6.93. The number of aromatic nitrogens is 3. The van der Waals surface area contributed by atoms with Gasteiger partial charge in [-0.3, -0.25) is 19.7 Å². The van der Waals surface area contributed by atoms with E-state index < -0.39 is 5.91 Å². The number of amides is 1. The summed E-state index contributed by atoms with van der Waals surface area (Å²) in [6.45, 7) is 4.01. The van der Waals surface area contributed by atoms with Crippen LogP contribution < -0.4 is 11.1 Å². The number of nitrogens with zero attached hydrogens (tertiary/aromatic N) is 4. The first-order valence-corrected chi connectivity index (χ1v) is 12.8. The molecule has 180 valence electrons. The molecule has 0 saturated carbocycles. The summed E-state index contributed by atoms with van der Waals surface area (Å²) in [5.41, 5.74) is 13.5. The number of nitrogens with two attached hydrogens (primary N) is 1. The third kappa shape index (κ3) is 3.98. The van der Waals surface area contributed by atoms with Crippen molar-refractivity contribution in [1.29, 1.82) is 0 Å². The van der Waals surface area contributed by atoms with Gasteiger partial charge >= 0.3 is 0 Å². The maximum Gasteiger partial charge on any atom is 0.250 e. The fraction of sp³-hybridized carbons (Fsp3) is 0.214. The molecule has 0 bridgehead atoms. The van der Waals surface area contributed by atoms with Gasteiger partial charge in [0.25, 0.3) is 5.91 Å². The van der Waals surface area contributed by atoms with Gasteiger partial charge in [0.05, 0.1) is 28.0 Å². The summed E-state index contributed by atoms with van der Waals surface area (Å²) < 4.78 is 1.26. The number of pyridine rings is 1. The number of nitrogens with one attached hydrogen (secondary N) is 1. The van der Waals surface area contributed by atoms with Gasteiger partial charge < -0.3 is 16.0 Å². The van der Waals surface area contributed by atoms with Crippen molar-refractivity contribution in [3.8, 4) is 11.1 Å². The van der Waals surface area contributed by atoms with Crippen LogP contribution in [-0.4, -0.2) is 45.9 Å². The lowest BCUT2D eigenvalue weighted by Gasteiger charge is -2.19. The Morgan fingerprint density at radius 1 is 1.11 bits per heavy atom.